The van der Waals surface area contributed by atoms with Crippen LogP contribution in [0.25, 0.3) is 0 Å². The number of carbonyl (C=O) groups excluding carboxylic acids is 1. The van der Waals surface area contributed by atoms with Crippen LogP contribution >= 0.6 is 35.6 Å². The van der Waals surface area contributed by atoms with E-state index in [1.807, 2.05) is 29.2 Å². The van der Waals surface area contributed by atoms with Crippen LogP contribution in [0, 0.1) is 5.41 Å². The zero-order valence-corrected chi connectivity index (χ0v) is 20.6. The molecule has 3 fully saturated rings. The maximum atomic E-state index is 12.7. The Morgan fingerprint density at radius 3 is 2.50 bits per heavy atom. The molecular weight excluding hydrogens is 517 g/mol. The number of amides is 1. The fraction of sp³-hybridized carbons (Fsp3) is 0.619. The van der Waals surface area contributed by atoms with Crippen LogP contribution in [0.4, 0.5) is 5.69 Å². The summed E-state index contributed by atoms with van der Waals surface area (Å²) in [5.41, 5.74) is 1.43. The third kappa shape index (κ3) is 5.31. The van der Waals surface area contributed by atoms with Crippen LogP contribution in [0.3, 0.4) is 0 Å². The highest BCUT2D eigenvalue weighted by atomic mass is 127. The van der Waals surface area contributed by atoms with E-state index in [4.69, 9.17) is 16.3 Å². The van der Waals surface area contributed by atoms with Crippen molar-refractivity contribution in [1.82, 2.24) is 15.1 Å². The molecule has 1 spiro atoms. The first-order valence-corrected chi connectivity index (χ1v) is 10.8. The molecule has 0 saturated carbocycles. The minimum absolute atomic E-state index is 0. The van der Waals surface area contributed by atoms with Crippen LogP contribution < -0.4 is 10.2 Å². The number of benzene rings is 1. The SMILES string of the molecule is CN=C(NCC(=O)N1CCN(c2ccc(Cl)cc2)CC1)N1CCC2(CCOC2)C1.I. The summed E-state index contributed by atoms with van der Waals surface area (Å²) in [7, 11) is 1.79. The summed E-state index contributed by atoms with van der Waals surface area (Å²) in [6.07, 6.45) is 2.26. The Hall–Kier alpha value is -1.26. The Balaban J connectivity index is 0.00000256. The number of nitrogens with one attached hydrogen (secondary N) is 1. The summed E-state index contributed by atoms with van der Waals surface area (Å²) in [5.74, 6) is 0.946. The standard InChI is InChI=1S/C21H30ClN5O2.HI/c1-23-20(27-8-6-21(15-27)7-13-29-16-21)24-14-19(28)26-11-9-25(10-12-26)18-4-2-17(22)3-5-18;/h2-5H,6-16H2,1H3,(H,23,24);1H. The number of hydrogen-bond donors (Lipinski definition) is 1. The average Bonchev–Trinajstić information content (AvgIpc) is 3.39. The molecule has 3 aliphatic rings. The van der Waals surface area contributed by atoms with E-state index in [1.54, 1.807) is 7.05 Å². The van der Waals surface area contributed by atoms with E-state index in [0.29, 0.717) is 0 Å². The number of piperazine rings is 1. The van der Waals surface area contributed by atoms with E-state index >= 15 is 0 Å². The molecule has 4 rings (SSSR count). The van der Waals surface area contributed by atoms with Crippen LogP contribution in [0.2, 0.25) is 5.02 Å². The molecule has 30 heavy (non-hydrogen) atoms. The number of anilines is 1. The van der Waals surface area contributed by atoms with Gasteiger partial charge in [0.05, 0.1) is 13.2 Å². The first-order chi connectivity index (χ1) is 14.1. The summed E-state index contributed by atoms with van der Waals surface area (Å²) >= 11 is 5.97. The predicted octanol–water partition coefficient (Wildman–Crippen LogP) is 2.29. The van der Waals surface area contributed by atoms with Crippen molar-refractivity contribution in [2.75, 3.05) is 71.0 Å². The van der Waals surface area contributed by atoms with Gasteiger partial charge in [0, 0.05) is 69.0 Å². The second-order valence-corrected chi connectivity index (χ2v) is 8.66. The van der Waals surface area contributed by atoms with E-state index in [-0.39, 0.29) is 41.8 Å². The molecule has 0 aliphatic carbocycles. The Morgan fingerprint density at radius 1 is 1.13 bits per heavy atom. The maximum Gasteiger partial charge on any atom is 0.242 e. The largest absolute Gasteiger partial charge is 0.381 e. The van der Waals surface area contributed by atoms with Gasteiger partial charge in [-0.25, -0.2) is 0 Å². The van der Waals surface area contributed by atoms with Gasteiger partial charge in [-0.1, -0.05) is 11.6 Å². The molecule has 1 atom stereocenters. The zero-order chi connectivity index (χ0) is 20.3. The van der Waals surface area contributed by atoms with Crippen LogP contribution in [0.5, 0.6) is 0 Å². The second kappa shape index (κ2) is 10.4. The molecule has 9 heteroatoms. The number of guanidine groups is 1. The lowest BCUT2D eigenvalue weighted by molar-refractivity contribution is -0.130. The van der Waals surface area contributed by atoms with Crippen molar-refractivity contribution in [2.45, 2.75) is 12.8 Å². The van der Waals surface area contributed by atoms with Crippen molar-refractivity contribution in [3.63, 3.8) is 0 Å². The number of halogens is 2. The molecule has 1 unspecified atom stereocenters. The zero-order valence-electron chi connectivity index (χ0n) is 17.5. The minimum Gasteiger partial charge on any atom is -0.381 e. The Kier molecular flexibility index (Phi) is 8.09. The number of likely N-dealkylation sites (tertiary alicyclic amines) is 1. The minimum atomic E-state index is 0. The summed E-state index contributed by atoms with van der Waals surface area (Å²) in [6, 6.07) is 7.88. The fourth-order valence-electron chi connectivity index (χ4n) is 4.55. The van der Waals surface area contributed by atoms with Gasteiger partial charge in [-0.2, -0.15) is 0 Å². The van der Waals surface area contributed by atoms with Crippen molar-refractivity contribution in [1.29, 1.82) is 0 Å². The summed E-state index contributed by atoms with van der Waals surface area (Å²) < 4.78 is 5.61. The molecule has 3 aliphatic heterocycles. The van der Waals surface area contributed by atoms with E-state index in [2.05, 4.69) is 20.1 Å². The van der Waals surface area contributed by atoms with Crippen molar-refractivity contribution in [3.8, 4) is 0 Å². The lowest BCUT2D eigenvalue weighted by Crippen LogP contribution is -2.52. The number of rotatable bonds is 3. The van der Waals surface area contributed by atoms with Gasteiger partial charge in [0.2, 0.25) is 5.91 Å². The quantitative estimate of drug-likeness (QED) is 0.358. The molecule has 166 valence electrons. The number of hydrogen-bond acceptors (Lipinski definition) is 4. The third-order valence-corrected chi connectivity index (χ3v) is 6.61. The molecular formula is C21H31ClIN5O2. The molecule has 1 aromatic rings. The Bertz CT molecular complexity index is 746. The van der Waals surface area contributed by atoms with Gasteiger partial charge in [-0.05, 0) is 37.1 Å². The van der Waals surface area contributed by atoms with Crippen LogP contribution in [-0.4, -0.2) is 87.7 Å². The summed E-state index contributed by atoms with van der Waals surface area (Å²) in [6.45, 7) is 7.04. The van der Waals surface area contributed by atoms with Crippen molar-refractivity contribution >= 4 is 53.1 Å². The van der Waals surface area contributed by atoms with Gasteiger partial charge in [-0.15, -0.1) is 24.0 Å². The van der Waals surface area contributed by atoms with Crippen molar-refractivity contribution in [2.24, 2.45) is 10.4 Å². The highest BCUT2D eigenvalue weighted by Gasteiger charge is 2.42. The van der Waals surface area contributed by atoms with Gasteiger partial charge in [0.15, 0.2) is 5.96 Å². The highest BCUT2D eigenvalue weighted by molar-refractivity contribution is 14.0. The van der Waals surface area contributed by atoms with E-state index < -0.39 is 0 Å². The average molecular weight is 548 g/mol. The summed E-state index contributed by atoms with van der Waals surface area (Å²) in [4.78, 5) is 23.6. The number of carbonyl (C=O) groups is 1. The van der Waals surface area contributed by atoms with Gasteiger partial charge in [-0.3, -0.25) is 9.79 Å². The summed E-state index contributed by atoms with van der Waals surface area (Å²) in [5, 5.41) is 4.02. The smallest absolute Gasteiger partial charge is 0.242 e. The maximum absolute atomic E-state index is 12.7. The molecule has 3 saturated heterocycles. The molecule has 1 aromatic carbocycles. The highest BCUT2D eigenvalue weighted by Crippen LogP contribution is 2.38. The monoisotopic (exact) mass is 547 g/mol. The first-order valence-electron chi connectivity index (χ1n) is 10.4. The number of nitrogens with zero attached hydrogens (tertiary/aromatic N) is 4. The van der Waals surface area contributed by atoms with Gasteiger partial charge >= 0.3 is 0 Å². The molecule has 7 nitrogen and oxygen atoms in total. The molecule has 0 aromatic heterocycles. The van der Waals surface area contributed by atoms with E-state index in [9.17, 15) is 4.79 Å². The van der Waals surface area contributed by atoms with E-state index in [1.165, 1.54) is 0 Å². The van der Waals surface area contributed by atoms with Crippen LogP contribution in [-0.2, 0) is 9.53 Å². The Morgan fingerprint density at radius 2 is 1.87 bits per heavy atom. The first kappa shape index (κ1) is 23.4. The number of aliphatic imine (C=N–C) groups is 1. The normalized spacial score (nSPS) is 24.3. The van der Waals surface area contributed by atoms with Gasteiger partial charge < -0.3 is 24.8 Å². The van der Waals surface area contributed by atoms with Crippen LogP contribution in [0.15, 0.2) is 29.3 Å². The molecule has 1 amide bonds. The molecule has 3 heterocycles. The topological polar surface area (TPSA) is 60.4 Å². The van der Waals surface area contributed by atoms with E-state index in [0.717, 1.165) is 82.0 Å². The Labute approximate surface area is 200 Å². The lowest BCUT2D eigenvalue weighted by Gasteiger charge is -2.36. The van der Waals surface area contributed by atoms with Crippen molar-refractivity contribution < 1.29 is 9.53 Å². The predicted molar refractivity (Wildman–Crippen MR) is 131 cm³/mol. The molecule has 0 bridgehead atoms. The fourth-order valence-corrected chi connectivity index (χ4v) is 4.68. The van der Waals surface area contributed by atoms with Crippen LogP contribution in [0.1, 0.15) is 12.8 Å². The molecule has 0 radical (unpaired) electrons. The van der Waals surface area contributed by atoms with Gasteiger partial charge in [0.25, 0.3) is 0 Å². The third-order valence-electron chi connectivity index (χ3n) is 6.36. The second-order valence-electron chi connectivity index (χ2n) is 8.22. The lowest BCUT2D eigenvalue weighted by atomic mass is 9.87. The molecule has 1 N–H and O–H groups in total. The number of ether oxygens (including phenoxy) is 1. The van der Waals surface area contributed by atoms with Crippen molar-refractivity contribution in [3.05, 3.63) is 29.3 Å². The van der Waals surface area contributed by atoms with Gasteiger partial charge in [0.1, 0.15) is 0 Å².